The quantitative estimate of drug-likeness (QED) is 0.687. The summed E-state index contributed by atoms with van der Waals surface area (Å²) < 4.78 is 5.61. The van der Waals surface area contributed by atoms with Crippen molar-refractivity contribution in [1.82, 2.24) is 5.32 Å². The van der Waals surface area contributed by atoms with Crippen LogP contribution in [0, 0.1) is 0 Å². The van der Waals surface area contributed by atoms with Gasteiger partial charge in [-0.1, -0.05) is 6.92 Å². The smallest absolute Gasteiger partial charge is 0.0590 e. The van der Waals surface area contributed by atoms with Gasteiger partial charge in [-0.3, -0.25) is 0 Å². The van der Waals surface area contributed by atoms with Crippen molar-refractivity contribution in [3.8, 4) is 0 Å². The van der Waals surface area contributed by atoms with E-state index in [2.05, 4.69) is 12.2 Å². The van der Waals surface area contributed by atoms with E-state index >= 15 is 0 Å². The number of aliphatic hydroxyl groups excluding tert-OH is 1. The van der Waals surface area contributed by atoms with Crippen molar-refractivity contribution in [2.24, 2.45) is 0 Å². The molecule has 1 fully saturated rings. The van der Waals surface area contributed by atoms with Crippen LogP contribution in [-0.4, -0.2) is 37.0 Å². The van der Waals surface area contributed by atoms with Gasteiger partial charge in [-0.15, -0.1) is 0 Å². The zero-order chi connectivity index (χ0) is 9.73. The molecule has 78 valence electrons. The summed E-state index contributed by atoms with van der Waals surface area (Å²) in [6.45, 7) is 3.23. The van der Waals surface area contributed by atoms with Crippen molar-refractivity contribution in [2.75, 3.05) is 20.3 Å². The van der Waals surface area contributed by atoms with Crippen molar-refractivity contribution >= 4 is 0 Å². The van der Waals surface area contributed by atoms with Gasteiger partial charge in [0.1, 0.15) is 0 Å². The van der Waals surface area contributed by atoms with E-state index in [-0.39, 0.29) is 12.1 Å². The Hall–Kier alpha value is -0.120. The van der Waals surface area contributed by atoms with Gasteiger partial charge in [0.15, 0.2) is 0 Å². The highest BCUT2D eigenvalue weighted by Gasteiger charge is 2.34. The molecule has 0 radical (unpaired) electrons. The molecule has 1 saturated heterocycles. The molecule has 0 saturated carbocycles. The average molecular weight is 187 g/mol. The monoisotopic (exact) mass is 187 g/mol. The second kappa shape index (κ2) is 4.94. The van der Waals surface area contributed by atoms with Crippen LogP contribution in [0.3, 0.4) is 0 Å². The molecule has 2 N–H and O–H groups in total. The van der Waals surface area contributed by atoms with E-state index < -0.39 is 0 Å². The molecule has 2 unspecified atom stereocenters. The molecule has 0 amide bonds. The van der Waals surface area contributed by atoms with Crippen LogP contribution in [0.2, 0.25) is 0 Å². The van der Waals surface area contributed by atoms with Gasteiger partial charge >= 0.3 is 0 Å². The van der Waals surface area contributed by atoms with Gasteiger partial charge in [0, 0.05) is 18.8 Å². The lowest BCUT2D eigenvalue weighted by Gasteiger charge is -2.40. The van der Waals surface area contributed by atoms with E-state index in [1.165, 1.54) is 0 Å². The van der Waals surface area contributed by atoms with Gasteiger partial charge in [0.2, 0.25) is 0 Å². The molecule has 1 rings (SSSR count). The molecule has 2 atom stereocenters. The third-order valence-corrected chi connectivity index (χ3v) is 3.13. The second-order valence-corrected chi connectivity index (χ2v) is 3.86. The maximum atomic E-state index is 8.99. The summed E-state index contributed by atoms with van der Waals surface area (Å²) in [5, 5.41) is 12.3. The molecular weight excluding hydrogens is 166 g/mol. The first-order valence-electron chi connectivity index (χ1n) is 5.17. The molecule has 1 aliphatic rings. The summed E-state index contributed by atoms with van der Waals surface area (Å²) in [7, 11) is 1.98. The average Bonchev–Trinajstić information content (AvgIpc) is 2.19. The highest BCUT2D eigenvalue weighted by atomic mass is 16.5. The van der Waals surface area contributed by atoms with Crippen LogP contribution in [0.5, 0.6) is 0 Å². The predicted molar refractivity (Wildman–Crippen MR) is 52.8 cm³/mol. The number of hydrogen-bond donors (Lipinski definition) is 2. The molecule has 3 heteroatoms. The second-order valence-electron chi connectivity index (χ2n) is 3.86. The van der Waals surface area contributed by atoms with Crippen LogP contribution in [0.4, 0.5) is 0 Å². The third-order valence-electron chi connectivity index (χ3n) is 3.13. The summed E-state index contributed by atoms with van der Waals surface area (Å²) in [5.74, 6) is 0. The summed E-state index contributed by atoms with van der Waals surface area (Å²) in [4.78, 5) is 0. The zero-order valence-electron chi connectivity index (χ0n) is 8.68. The number of ether oxygens (including phenoxy) is 1. The first-order chi connectivity index (χ1) is 6.26. The van der Waals surface area contributed by atoms with E-state index in [1.54, 1.807) is 0 Å². The van der Waals surface area contributed by atoms with Gasteiger partial charge in [-0.2, -0.15) is 0 Å². The fourth-order valence-electron chi connectivity index (χ4n) is 2.07. The largest absolute Gasteiger partial charge is 0.396 e. The van der Waals surface area contributed by atoms with Gasteiger partial charge in [0.05, 0.1) is 6.10 Å². The topological polar surface area (TPSA) is 41.5 Å². The van der Waals surface area contributed by atoms with Gasteiger partial charge in [-0.25, -0.2) is 0 Å². The Morgan fingerprint density at radius 1 is 1.62 bits per heavy atom. The lowest BCUT2D eigenvalue weighted by Crippen LogP contribution is -2.50. The van der Waals surface area contributed by atoms with E-state index in [4.69, 9.17) is 9.84 Å². The number of aliphatic hydroxyl groups is 1. The van der Waals surface area contributed by atoms with E-state index in [9.17, 15) is 0 Å². The van der Waals surface area contributed by atoms with Crippen molar-refractivity contribution in [1.29, 1.82) is 0 Å². The van der Waals surface area contributed by atoms with Gasteiger partial charge in [-0.05, 0) is 32.7 Å². The molecule has 0 aromatic carbocycles. The van der Waals surface area contributed by atoms with Crippen molar-refractivity contribution in [3.63, 3.8) is 0 Å². The SMILES string of the molecule is CCC1CC(CCO)(NC)CCO1. The summed E-state index contributed by atoms with van der Waals surface area (Å²) in [6.07, 6.45) is 4.31. The van der Waals surface area contributed by atoms with E-state index in [0.29, 0.717) is 6.10 Å². The first-order valence-corrected chi connectivity index (χ1v) is 5.17. The standard InChI is InChI=1S/C10H21NO2/c1-3-9-8-10(11-2,4-6-12)5-7-13-9/h9,11-12H,3-8H2,1-2H3. The zero-order valence-corrected chi connectivity index (χ0v) is 8.68. The number of rotatable bonds is 4. The minimum atomic E-state index is 0.119. The van der Waals surface area contributed by atoms with Crippen molar-refractivity contribution in [3.05, 3.63) is 0 Å². The van der Waals surface area contributed by atoms with Gasteiger partial charge in [0.25, 0.3) is 0 Å². The highest BCUT2D eigenvalue weighted by molar-refractivity contribution is 4.91. The molecule has 1 heterocycles. The molecule has 0 aliphatic carbocycles. The summed E-state index contributed by atoms with van der Waals surface area (Å²) in [5.41, 5.74) is 0.119. The van der Waals surface area contributed by atoms with E-state index in [1.807, 2.05) is 7.05 Å². The Kier molecular flexibility index (Phi) is 4.16. The van der Waals surface area contributed by atoms with Gasteiger partial charge < -0.3 is 15.2 Å². The van der Waals surface area contributed by atoms with Crippen molar-refractivity contribution in [2.45, 2.75) is 44.2 Å². The Labute approximate surface area is 80.5 Å². The minimum Gasteiger partial charge on any atom is -0.396 e. The number of hydrogen-bond acceptors (Lipinski definition) is 3. The molecule has 13 heavy (non-hydrogen) atoms. The minimum absolute atomic E-state index is 0.119. The molecular formula is C10H21NO2. The van der Waals surface area contributed by atoms with Crippen LogP contribution in [-0.2, 0) is 4.74 Å². The molecule has 0 spiro atoms. The van der Waals surface area contributed by atoms with E-state index in [0.717, 1.165) is 32.3 Å². The van der Waals surface area contributed by atoms with Crippen LogP contribution in [0.15, 0.2) is 0 Å². The van der Waals surface area contributed by atoms with Crippen molar-refractivity contribution < 1.29 is 9.84 Å². The molecule has 0 aromatic rings. The highest BCUT2D eigenvalue weighted by Crippen LogP contribution is 2.28. The molecule has 3 nitrogen and oxygen atoms in total. The summed E-state index contributed by atoms with van der Waals surface area (Å²) >= 11 is 0. The van der Waals surface area contributed by atoms with Crippen LogP contribution < -0.4 is 5.32 Å². The maximum absolute atomic E-state index is 8.99. The Morgan fingerprint density at radius 2 is 2.38 bits per heavy atom. The lowest BCUT2D eigenvalue weighted by atomic mass is 9.83. The van der Waals surface area contributed by atoms with Crippen LogP contribution in [0.1, 0.15) is 32.6 Å². The molecule has 1 aliphatic heterocycles. The number of nitrogens with one attached hydrogen (secondary N) is 1. The normalized spacial score (nSPS) is 34.8. The maximum Gasteiger partial charge on any atom is 0.0590 e. The fourth-order valence-corrected chi connectivity index (χ4v) is 2.07. The summed E-state index contributed by atoms with van der Waals surface area (Å²) in [6, 6.07) is 0. The first kappa shape index (κ1) is 11.0. The van der Waals surface area contributed by atoms with Crippen LogP contribution >= 0.6 is 0 Å². The Balaban J connectivity index is 2.53. The molecule has 0 bridgehead atoms. The fraction of sp³-hybridized carbons (Fsp3) is 1.00. The Bertz CT molecular complexity index is 148. The lowest BCUT2D eigenvalue weighted by molar-refractivity contribution is -0.0343. The predicted octanol–water partition coefficient (Wildman–Crippen LogP) is 0.916. The Morgan fingerprint density at radius 3 is 2.92 bits per heavy atom. The van der Waals surface area contributed by atoms with Crippen LogP contribution in [0.25, 0.3) is 0 Å². The third kappa shape index (κ3) is 2.66. The molecule has 0 aromatic heterocycles.